The molecule has 2 aromatic carbocycles. The minimum absolute atomic E-state index is 0.285. The van der Waals surface area contributed by atoms with Crippen LogP contribution < -0.4 is 10.5 Å². The van der Waals surface area contributed by atoms with Crippen molar-refractivity contribution < 1.29 is 13.5 Å². The predicted molar refractivity (Wildman–Crippen MR) is 74.9 cm³/mol. The zero-order chi connectivity index (χ0) is 14.9. The van der Waals surface area contributed by atoms with Crippen molar-refractivity contribution in [1.82, 2.24) is 0 Å². The Hall–Kier alpha value is -1.94. The van der Waals surface area contributed by atoms with Crippen LogP contribution in [0.15, 0.2) is 30.3 Å². The summed E-state index contributed by atoms with van der Waals surface area (Å²) in [5.41, 5.74) is 8.59. The Bertz CT molecular complexity index is 617. The molecular weight excluding hydrogens is 260 g/mol. The van der Waals surface area contributed by atoms with Crippen molar-refractivity contribution in [2.24, 2.45) is 5.73 Å². The van der Waals surface area contributed by atoms with Crippen molar-refractivity contribution in [2.45, 2.75) is 19.9 Å². The van der Waals surface area contributed by atoms with E-state index in [9.17, 15) is 8.78 Å². The maximum absolute atomic E-state index is 14.1. The predicted octanol–water partition coefficient (Wildman–Crippen LogP) is 3.64. The highest BCUT2D eigenvalue weighted by molar-refractivity contribution is 5.47. The van der Waals surface area contributed by atoms with Crippen LogP contribution in [-0.4, -0.2) is 7.11 Å². The van der Waals surface area contributed by atoms with Crippen molar-refractivity contribution in [2.75, 3.05) is 7.11 Å². The van der Waals surface area contributed by atoms with Gasteiger partial charge in [-0.25, -0.2) is 8.78 Å². The quantitative estimate of drug-likeness (QED) is 0.929. The van der Waals surface area contributed by atoms with Gasteiger partial charge in [0, 0.05) is 0 Å². The first kappa shape index (κ1) is 14.5. The molecule has 1 atom stereocenters. The van der Waals surface area contributed by atoms with Crippen LogP contribution in [0.1, 0.15) is 28.3 Å². The Morgan fingerprint density at radius 1 is 1.05 bits per heavy atom. The number of hydrogen-bond donors (Lipinski definition) is 1. The van der Waals surface area contributed by atoms with Crippen LogP contribution in [0.5, 0.6) is 5.75 Å². The normalized spacial score (nSPS) is 12.3. The summed E-state index contributed by atoms with van der Waals surface area (Å²) in [6, 6.07) is 6.66. The maximum Gasteiger partial charge on any atom is 0.132 e. The Morgan fingerprint density at radius 2 is 1.65 bits per heavy atom. The van der Waals surface area contributed by atoms with E-state index in [1.807, 2.05) is 0 Å². The molecule has 0 bridgehead atoms. The van der Waals surface area contributed by atoms with Gasteiger partial charge in [0.25, 0.3) is 0 Å². The summed E-state index contributed by atoms with van der Waals surface area (Å²) >= 11 is 0. The van der Waals surface area contributed by atoms with Gasteiger partial charge in [-0.05, 0) is 54.8 Å². The Morgan fingerprint density at radius 3 is 2.20 bits per heavy atom. The number of nitrogens with two attached hydrogens (primary N) is 1. The molecule has 2 aromatic rings. The average molecular weight is 277 g/mol. The molecule has 0 radical (unpaired) electrons. The second-order valence-electron chi connectivity index (χ2n) is 4.79. The SMILES string of the molecule is COc1cccc(F)c1C(N)c1c(C)cc(F)cc1C. The molecule has 0 spiro atoms. The molecule has 0 heterocycles. The van der Waals surface area contributed by atoms with Gasteiger partial charge in [0.1, 0.15) is 17.4 Å². The highest BCUT2D eigenvalue weighted by Gasteiger charge is 2.22. The van der Waals surface area contributed by atoms with Crippen molar-refractivity contribution in [3.05, 3.63) is 64.2 Å². The van der Waals surface area contributed by atoms with E-state index in [4.69, 9.17) is 10.5 Å². The third kappa shape index (κ3) is 2.51. The number of rotatable bonds is 3. The minimum Gasteiger partial charge on any atom is -0.496 e. The third-order valence-corrected chi connectivity index (χ3v) is 3.41. The number of aryl methyl sites for hydroxylation is 2. The van der Waals surface area contributed by atoms with Gasteiger partial charge in [0.15, 0.2) is 0 Å². The number of hydrogen-bond acceptors (Lipinski definition) is 2. The first-order valence-electron chi connectivity index (χ1n) is 6.30. The van der Waals surface area contributed by atoms with Gasteiger partial charge in [0.2, 0.25) is 0 Å². The monoisotopic (exact) mass is 277 g/mol. The van der Waals surface area contributed by atoms with E-state index >= 15 is 0 Å². The Kier molecular flexibility index (Phi) is 4.04. The van der Waals surface area contributed by atoms with Crippen molar-refractivity contribution in [3.63, 3.8) is 0 Å². The average Bonchev–Trinajstić information content (AvgIpc) is 2.36. The molecule has 0 saturated heterocycles. The molecule has 0 fully saturated rings. The van der Waals surface area contributed by atoms with Gasteiger partial charge in [-0.3, -0.25) is 0 Å². The topological polar surface area (TPSA) is 35.2 Å². The number of benzene rings is 2. The summed E-state index contributed by atoms with van der Waals surface area (Å²) in [5, 5.41) is 0. The summed E-state index contributed by atoms with van der Waals surface area (Å²) in [6.45, 7) is 3.52. The highest BCUT2D eigenvalue weighted by Crippen LogP contribution is 2.33. The Labute approximate surface area is 117 Å². The molecule has 0 saturated carbocycles. The lowest BCUT2D eigenvalue weighted by Crippen LogP contribution is -2.17. The largest absolute Gasteiger partial charge is 0.496 e. The minimum atomic E-state index is -0.702. The van der Waals surface area contributed by atoms with Crippen LogP contribution in [0.25, 0.3) is 0 Å². The molecule has 106 valence electrons. The molecule has 0 aromatic heterocycles. The molecule has 2 rings (SSSR count). The van der Waals surface area contributed by atoms with E-state index in [0.717, 1.165) is 5.56 Å². The molecule has 2 N–H and O–H groups in total. The number of ether oxygens (including phenoxy) is 1. The van der Waals surface area contributed by atoms with Crippen LogP contribution in [0, 0.1) is 25.5 Å². The summed E-state index contributed by atoms with van der Waals surface area (Å²) < 4.78 is 32.6. The molecule has 4 heteroatoms. The molecule has 0 aliphatic rings. The van der Waals surface area contributed by atoms with Crippen LogP contribution >= 0.6 is 0 Å². The molecule has 0 aliphatic carbocycles. The first-order valence-corrected chi connectivity index (χ1v) is 6.30. The second-order valence-corrected chi connectivity index (χ2v) is 4.79. The van der Waals surface area contributed by atoms with Crippen LogP contribution in [0.4, 0.5) is 8.78 Å². The fourth-order valence-corrected chi connectivity index (χ4v) is 2.55. The standard InChI is InChI=1S/C16H17F2NO/c1-9-7-11(17)8-10(2)14(9)16(19)15-12(18)5-4-6-13(15)20-3/h4-8,16H,19H2,1-3H3. The van der Waals surface area contributed by atoms with Gasteiger partial charge < -0.3 is 10.5 Å². The zero-order valence-corrected chi connectivity index (χ0v) is 11.7. The van der Waals surface area contributed by atoms with E-state index in [1.54, 1.807) is 26.0 Å². The van der Waals surface area contributed by atoms with E-state index < -0.39 is 11.9 Å². The van der Waals surface area contributed by atoms with Crippen LogP contribution in [0.2, 0.25) is 0 Å². The van der Waals surface area contributed by atoms with Gasteiger partial charge in [-0.2, -0.15) is 0 Å². The summed E-state index contributed by atoms with van der Waals surface area (Å²) in [7, 11) is 1.47. The van der Waals surface area contributed by atoms with Gasteiger partial charge >= 0.3 is 0 Å². The van der Waals surface area contributed by atoms with Gasteiger partial charge in [-0.1, -0.05) is 6.07 Å². The van der Waals surface area contributed by atoms with E-state index in [2.05, 4.69) is 0 Å². The molecule has 0 aliphatic heterocycles. The fourth-order valence-electron chi connectivity index (χ4n) is 2.55. The molecule has 0 amide bonds. The third-order valence-electron chi connectivity index (χ3n) is 3.41. The van der Waals surface area contributed by atoms with Gasteiger partial charge in [-0.15, -0.1) is 0 Å². The lowest BCUT2D eigenvalue weighted by Gasteiger charge is -2.20. The summed E-state index contributed by atoms with van der Waals surface area (Å²) in [6.07, 6.45) is 0. The smallest absolute Gasteiger partial charge is 0.132 e. The van der Waals surface area contributed by atoms with Crippen LogP contribution in [-0.2, 0) is 0 Å². The Balaban J connectivity index is 2.61. The van der Waals surface area contributed by atoms with Crippen molar-refractivity contribution >= 4 is 0 Å². The zero-order valence-electron chi connectivity index (χ0n) is 11.7. The molecule has 2 nitrogen and oxygen atoms in total. The fraction of sp³-hybridized carbons (Fsp3) is 0.250. The summed E-state index contributed by atoms with van der Waals surface area (Å²) in [5.74, 6) is -0.364. The highest BCUT2D eigenvalue weighted by atomic mass is 19.1. The van der Waals surface area contributed by atoms with Gasteiger partial charge in [0.05, 0.1) is 18.7 Å². The first-order chi connectivity index (χ1) is 9.45. The number of methoxy groups -OCH3 is 1. The van der Waals surface area contributed by atoms with Crippen molar-refractivity contribution in [1.29, 1.82) is 0 Å². The molecule has 1 unspecified atom stereocenters. The van der Waals surface area contributed by atoms with E-state index in [1.165, 1.54) is 25.3 Å². The molecule has 20 heavy (non-hydrogen) atoms. The summed E-state index contributed by atoms with van der Waals surface area (Å²) in [4.78, 5) is 0. The maximum atomic E-state index is 14.1. The van der Waals surface area contributed by atoms with E-state index in [-0.39, 0.29) is 11.4 Å². The van der Waals surface area contributed by atoms with E-state index in [0.29, 0.717) is 16.9 Å². The second kappa shape index (κ2) is 5.59. The molecular formula is C16H17F2NO. The van der Waals surface area contributed by atoms with Crippen LogP contribution in [0.3, 0.4) is 0 Å². The lowest BCUT2D eigenvalue weighted by atomic mass is 9.91. The van der Waals surface area contributed by atoms with Crippen molar-refractivity contribution in [3.8, 4) is 5.75 Å². The lowest BCUT2D eigenvalue weighted by molar-refractivity contribution is 0.402. The number of halogens is 2.